The van der Waals surface area contributed by atoms with Gasteiger partial charge in [-0.25, -0.2) is 14.5 Å². The van der Waals surface area contributed by atoms with E-state index in [1.807, 2.05) is 0 Å². The second-order valence-corrected chi connectivity index (χ2v) is 5.90. The van der Waals surface area contributed by atoms with E-state index in [1.165, 1.54) is 53.6 Å². The summed E-state index contributed by atoms with van der Waals surface area (Å²) in [6.07, 6.45) is 1.17. The predicted octanol–water partition coefficient (Wildman–Crippen LogP) is 2.70. The summed E-state index contributed by atoms with van der Waals surface area (Å²) < 4.78 is 4.85. The van der Waals surface area contributed by atoms with Crippen LogP contribution in [0.3, 0.4) is 0 Å². The molecule has 8 heteroatoms. The number of rotatable bonds is 7. The maximum Gasteiger partial charge on any atom is 0.336 e. The molecule has 0 aromatic heterocycles. The summed E-state index contributed by atoms with van der Waals surface area (Å²) in [5.74, 6) is -1.85. The molecule has 3 amide bonds. The summed E-state index contributed by atoms with van der Waals surface area (Å²) in [5, 5.41) is 9.10. The third kappa shape index (κ3) is 3.61. The number of ether oxygens (including phenoxy) is 1. The molecule has 0 unspecified atom stereocenters. The fourth-order valence-electron chi connectivity index (χ4n) is 2.78. The number of imide groups is 1. The van der Waals surface area contributed by atoms with E-state index >= 15 is 0 Å². The van der Waals surface area contributed by atoms with E-state index in [1.54, 1.807) is 6.07 Å². The lowest BCUT2D eigenvalue weighted by Gasteiger charge is -2.17. The number of anilines is 2. The highest BCUT2D eigenvalue weighted by atomic mass is 16.5. The van der Waals surface area contributed by atoms with Crippen LogP contribution in [0, 0.1) is 0 Å². The number of carboxylic acids is 1. The molecule has 1 aliphatic heterocycles. The lowest BCUT2D eigenvalue weighted by atomic mass is 10.1. The minimum absolute atomic E-state index is 0.0146. The zero-order valence-corrected chi connectivity index (χ0v) is 14.7. The fourth-order valence-corrected chi connectivity index (χ4v) is 2.78. The average molecular weight is 380 g/mol. The Labute approximate surface area is 160 Å². The SMILES string of the molecule is C=COCC(=O)c1ccc(N2C(=O)CN(c3cccc(C(=O)O)c3)C2=O)cc1. The van der Waals surface area contributed by atoms with E-state index in [0.29, 0.717) is 16.9 Å². The van der Waals surface area contributed by atoms with Crippen LogP contribution in [0.1, 0.15) is 20.7 Å². The van der Waals surface area contributed by atoms with Gasteiger partial charge in [0.05, 0.1) is 17.5 Å². The Hall–Kier alpha value is -3.94. The molecule has 1 N–H and O–H groups in total. The van der Waals surface area contributed by atoms with Crippen LogP contribution in [-0.4, -0.2) is 41.9 Å². The van der Waals surface area contributed by atoms with Gasteiger partial charge in [0.25, 0.3) is 5.91 Å². The number of ketones is 1. The normalized spacial score (nSPS) is 13.6. The van der Waals surface area contributed by atoms with Gasteiger partial charge in [-0.15, -0.1) is 0 Å². The summed E-state index contributed by atoms with van der Waals surface area (Å²) in [6.45, 7) is 3.00. The predicted molar refractivity (Wildman–Crippen MR) is 101 cm³/mol. The number of Topliss-reactive ketones (excluding diaryl/α,β-unsaturated/α-hetero) is 1. The molecule has 142 valence electrons. The quantitative estimate of drug-likeness (QED) is 0.450. The Balaban J connectivity index is 1.82. The van der Waals surface area contributed by atoms with Crippen molar-refractivity contribution in [2.24, 2.45) is 0 Å². The maximum atomic E-state index is 12.7. The molecule has 0 spiro atoms. The van der Waals surface area contributed by atoms with Crippen LogP contribution in [-0.2, 0) is 9.53 Å². The van der Waals surface area contributed by atoms with Gasteiger partial charge in [-0.2, -0.15) is 0 Å². The van der Waals surface area contributed by atoms with E-state index in [9.17, 15) is 19.2 Å². The van der Waals surface area contributed by atoms with Crippen molar-refractivity contribution in [1.82, 2.24) is 0 Å². The zero-order chi connectivity index (χ0) is 20.3. The molecule has 2 aromatic carbocycles. The molecule has 2 aromatic rings. The van der Waals surface area contributed by atoms with Crippen LogP contribution in [0.25, 0.3) is 0 Å². The molecule has 1 aliphatic rings. The van der Waals surface area contributed by atoms with Crippen LogP contribution < -0.4 is 9.80 Å². The minimum Gasteiger partial charge on any atom is -0.494 e. The summed E-state index contributed by atoms with van der Waals surface area (Å²) >= 11 is 0. The Morgan fingerprint density at radius 2 is 1.79 bits per heavy atom. The van der Waals surface area contributed by atoms with Gasteiger partial charge >= 0.3 is 12.0 Å². The molecule has 28 heavy (non-hydrogen) atoms. The van der Waals surface area contributed by atoms with Crippen molar-refractivity contribution in [1.29, 1.82) is 0 Å². The lowest BCUT2D eigenvalue weighted by molar-refractivity contribution is -0.115. The number of benzene rings is 2. The van der Waals surface area contributed by atoms with E-state index in [2.05, 4.69) is 6.58 Å². The second kappa shape index (κ2) is 7.75. The molecule has 1 saturated heterocycles. The topological polar surface area (TPSA) is 104 Å². The highest BCUT2D eigenvalue weighted by molar-refractivity contribution is 6.27. The molecule has 0 saturated carbocycles. The molecular formula is C20H16N2O6. The number of carbonyl (C=O) groups excluding carboxylic acids is 3. The van der Waals surface area contributed by atoms with Crippen molar-refractivity contribution in [2.75, 3.05) is 23.0 Å². The molecule has 3 rings (SSSR count). The molecule has 0 atom stereocenters. The fraction of sp³-hybridized carbons (Fsp3) is 0.100. The number of nitrogens with zero attached hydrogens (tertiary/aromatic N) is 2. The third-order valence-electron chi connectivity index (χ3n) is 4.15. The van der Waals surface area contributed by atoms with Gasteiger partial charge in [0.1, 0.15) is 6.54 Å². The first kappa shape index (κ1) is 18.8. The Kier molecular flexibility index (Phi) is 5.21. The lowest BCUT2D eigenvalue weighted by Crippen LogP contribution is -2.33. The van der Waals surface area contributed by atoms with Crippen molar-refractivity contribution in [3.63, 3.8) is 0 Å². The van der Waals surface area contributed by atoms with Gasteiger partial charge in [0.15, 0.2) is 12.4 Å². The largest absolute Gasteiger partial charge is 0.494 e. The number of hydrogen-bond donors (Lipinski definition) is 1. The van der Waals surface area contributed by atoms with Gasteiger partial charge in [-0.1, -0.05) is 12.6 Å². The monoisotopic (exact) mass is 380 g/mol. The Morgan fingerprint density at radius 1 is 1.07 bits per heavy atom. The van der Waals surface area contributed by atoms with Crippen molar-refractivity contribution >= 4 is 35.1 Å². The summed E-state index contributed by atoms with van der Waals surface area (Å²) in [5.41, 5.74) is 1.01. The Morgan fingerprint density at radius 3 is 2.43 bits per heavy atom. The van der Waals surface area contributed by atoms with Crippen LogP contribution in [0.5, 0.6) is 0 Å². The molecule has 8 nitrogen and oxygen atoms in total. The molecule has 1 heterocycles. The molecule has 0 bridgehead atoms. The first-order chi connectivity index (χ1) is 13.4. The van der Waals surface area contributed by atoms with E-state index < -0.39 is 17.9 Å². The smallest absolute Gasteiger partial charge is 0.336 e. The Bertz CT molecular complexity index is 967. The number of carbonyl (C=O) groups is 4. The van der Waals surface area contributed by atoms with Gasteiger partial charge in [0.2, 0.25) is 0 Å². The van der Waals surface area contributed by atoms with Crippen molar-refractivity contribution < 1.29 is 29.0 Å². The second-order valence-electron chi connectivity index (χ2n) is 5.90. The molecule has 0 aliphatic carbocycles. The van der Waals surface area contributed by atoms with Gasteiger partial charge in [-0.05, 0) is 42.5 Å². The van der Waals surface area contributed by atoms with E-state index in [0.717, 1.165) is 4.90 Å². The highest BCUT2D eigenvalue weighted by Gasteiger charge is 2.38. The zero-order valence-electron chi connectivity index (χ0n) is 14.7. The van der Waals surface area contributed by atoms with Crippen LogP contribution in [0.4, 0.5) is 16.2 Å². The van der Waals surface area contributed by atoms with Crippen LogP contribution in [0.2, 0.25) is 0 Å². The standard InChI is InChI=1S/C20H16N2O6/c1-2-28-12-17(23)13-6-8-15(9-7-13)22-18(24)11-21(20(22)27)16-5-3-4-14(10-16)19(25)26/h2-10H,1,11-12H2,(H,25,26). The van der Waals surface area contributed by atoms with Gasteiger partial charge in [0, 0.05) is 11.3 Å². The van der Waals surface area contributed by atoms with Crippen molar-refractivity contribution in [3.8, 4) is 0 Å². The highest BCUT2D eigenvalue weighted by Crippen LogP contribution is 2.27. The maximum absolute atomic E-state index is 12.7. The number of carboxylic acid groups (broad SMARTS) is 1. The summed E-state index contributed by atoms with van der Waals surface area (Å²) in [4.78, 5) is 50.4. The van der Waals surface area contributed by atoms with Crippen LogP contribution >= 0.6 is 0 Å². The average Bonchev–Trinajstić information content (AvgIpc) is 3.00. The minimum atomic E-state index is -1.13. The van der Waals surface area contributed by atoms with Gasteiger partial charge in [-0.3, -0.25) is 14.5 Å². The van der Waals surface area contributed by atoms with Gasteiger partial charge < -0.3 is 9.84 Å². The molecular weight excluding hydrogens is 364 g/mol. The first-order valence-electron chi connectivity index (χ1n) is 8.26. The molecule has 1 fully saturated rings. The summed E-state index contributed by atoms with van der Waals surface area (Å²) in [7, 11) is 0. The first-order valence-corrected chi connectivity index (χ1v) is 8.26. The number of urea groups is 1. The van der Waals surface area contributed by atoms with E-state index in [-0.39, 0.29) is 24.5 Å². The summed E-state index contributed by atoms with van der Waals surface area (Å²) in [6, 6.07) is 11.2. The van der Waals surface area contributed by atoms with Crippen molar-refractivity contribution in [2.45, 2.75) is 0 Å². The van der Waals surface area contributed by atoms with E-state index in [4.69, 9.17) is 9.84 Å². The number of amides is 3. The third-order valence-corrected chi connectivity index (χ3v) is 4.15. The van der Waals surface area contributed by atoms with Crippen LogP contribution in [0.15, 0.2) is 61.4 Å². The molecule has 0 radical (unpaired) electrons. The number of hydrogen-bond acceptors (Lipinski definition) is 5. The van der Waals surface area contributed by atoms with Crippen molar-refractivity contribution in [3.05, 3.63) is 72.5 Å². The number of aromatic carboxylic acids is 1.